The van der Waals surface area contributed by atoms with Gasteiger partial charge in [-0.05, 0) is 53.8 Å². The molecule has 4 rings (SSSR count). The monoisotopic (exact) mass is 629 g/mol. The zero-order chi connectivity index (χ0) is 32.4. The summed E-state index contributed by atoms with van der Waals surface area (Å²) >= 11 is 0. The van der Waals surface area contributed by atoms with E-state index >= 15 is 4.39 Å². The van der Waals surface area contributed by atoms with Crippen LogP contribution in [0.1, 0.15) is 37.5 Å². The van der Waals surface area contributed by atoms with Crippen LogP contribution in [0.2, 0.25) is 0 Å². The molecule has 0 aliphatic carbocycles. The molecule has 0 heterocycles. The molecule has 4 aromatic rings. The SMILES string of the molecule is CCc1ccc(N(CC(=O)N(Cc2ccccc2F)[C@@H](Cc2ccccc2)C(=O)NCC(C)C)S(=O)(=O)c2ccccc2)cc1. The van der Waals surface area contributed by atoms with Gasteiger partial charge in [-0.1, -0.05) is 99.6 Å². The normalized spacial score (nSPS) is 12.0. The Bertz CT molecular complexity index is 1660. The minimum Gasteiger partial charge on any atom is -0.354 e. The minimum absolute atomic E-state index is 0.0218. The van der Waals surface area contributed by atoms with E-state index in [0.29, 0.717) is 12.2 Å². The van der Waals surface area contributed by atoms with Crippen molar-refractivity contribution in [1.82, 2.24) is 10.2 Å². The maximum atomic E-state index is 15.0. The van der Waals surface area contributed by atoms with Gasteiger partial charge in [0.1, 0.15) is 18.4 Å². The van der Waals surface area contributed by atoms with Crippen molar-refractivity contribution >= 4 is 27.5 Å². The second-order valence-electron chi connectivity index (χ2n) is 11.3. The van der Waals surface area contributed by atoms with Crippen LogP contribution in [0.4, 0.5) is 10.1 Å². The molecule has 236 valence electrons. The van der Waals surface area contributed by atoms with Gasteiger partial charge in [0.15, 0.2) is 0 Å². The van der Waals surface area contributed by atoms with Gasteiger partial charge in [0.25, 0.3) is 10.0 Å². The molecule has 0 fully saturated rings. The largest absolute Gasteiger partial charge is 0.354 e. The van der Waals surface area contributed by atoms with Gasteiger partial charge in [-0.3, -0.25) is 13.9 Å². The van der Waals surface area contributed by atoms with Gasteiger partial charge in [-0.25, -0.2) is 12.8 Å². The van der Waals surface area contributed by atoms with Crippen LogP contribution in [0.3, 0.4) is 0 Å². The third-order valence-corrected chi connectivity index (χ3v) is 9.28. The average molecular weight is 630 g/mol. The second-order valence-corrected chi connectivity index (χ2v) is 13.2. The number of nitrogens with one attached hydrogen (secondary N) is 1. The minimum atomic E-state index is -4.20. The summed E-state index contributed by atoms with van der Waals surface area (Å²) in [6.45, 7) is 5.47. The van der Waals surface area contributed by atoms with E-state index in [1.807, 2.05) is 63.2 Å². The number of nitrogens with zero attached hydrogens (tertiary/aromatic N) is 2. The molecule has 7 nitrogen and oxygen atoms in total. The fourth-order valence-electron chi connectivity index (χ4n) is 4.93. The highest BCUT2D eigenvalue weighted by Crippen LogP contribution is 2.26. The standard InChI is InChI=1S/C36H40FN3O4S/c1-4-28-19-21-31(22-20-28)40(45(43,44)32-16-9-6-10-17-32)26-35(41)39(25-30-15-11-12-18-33(30)37)34(36(42)38-24-27(2)3)23-29-13-7-5-8-14-29/h5-22,27,34H,4,23-26H2,1-3H3,(H,38,42)/t34-/m0/s1. The molecule has 0 aliphatic heterocycles. The quantitative estimate of drug-likeness (QED) is 0.186. The van der Waals surface area contributed by atoms with Crippen LogP contribution in [0.5, 0.6) is 0 Å². The van der Waals surface area contributed by atoms with Crippen LogP contribution < -0.4 is 9.62 Å². The number of carbonyl (C=O) groups is 2. The molecule has 1 atom stereocenters. The molecule has 1 N–H and O–H groups in total. The Labute approximate surface area is 265 Å². The number of aryl methyl sites for hydroxylation is 1. The van der Waals surface area contributed by atoms with Crippen LogP contribution in [0, 0.1) is 11.7 Å². The first-order valence-electron chi connectivity index (χ1n) is 15.1. The molecular weight excluding hydrogens is 589 g/mol. The highest BCUT2D eigenvalue weighted by molar-refractivity contribution is 7.92. The number of sulfonamides is 1. The zero-order valence-electron chi connectivity index (χ0n) is 25.9. The van der Waals surface area contributed by atoms with Gasteiger partial charge < -0.3 is 10.2 Å². The Balaban J connectivity index is 1.80. The number of benzene rings is 4. The van der Waals surface area contributed by atoms with Gasteiger partial charge in [-0.15, -0.1) is 0 Å². The van der Waals surface area contributed by atoms with Crippen molar-refractivity contribution in [1.29, 1.82) is 0 Å². The summed E-state index contributed by atoms with van der Waals surface area (Å²) in [5.41, 5.74) is 2.33. The van der Waals surface area contributed by atoms with E-state index in [2.05, 4.69) is 5.32 Å². The Kier molecular flexibility index (Phi) is 11.5. The lowest BCUT2D eigenvalue weighted by Gasteiger charge is -2.34. The lowest BCUT2D eigenvalue weighted by molar-refractivity contribution is -0.140. The highest BCUT2D eigenvalue weighted by atomic mass is 32.2. The van der Waals surface area contributed by atoms with Crippen molar-refractivity contribution in [2.24, 2.45) is 5.92 Å². The molecule has 9 heteroatoms. The van der Waals surface area contributed by atoms with E-state index in [9.17, 15) is 18.0 Å². The van der Waals surface area contributed by atoms with Crippen molar-refractivity contribution in [3.8, 4) is 0 Å². The number of rotatable bonds is 14. The van der Waals surface area contributed by atoms with Crippen LogP contribution in [-0.4, -0.2) is 44.3 Å². The number of hydrogen-bond acceptors (Lipinski definition) is 4. The predicted molar refractivity (Wildman–Crippen MR) is 176 cm³/mol. The van der Waals surface area contributed by atoms with E-state index in [1.54, 1.807) is 48.5 Å². The third-order valence-electron chi connectivity index (χ3n) is 7.50. The molecule has 0 aliphatic rings. The smallest absolute Gasteiger partial charge is 0.264 e. The fourth-order valence-corrected chi connectivity index (χ4v) is 6.37. The number of anilines is 1. The molecule has 0 unspecified atom stereocenters. The summed E-state index contributed by atoms with van der Waals surface area (Å²) in [6, 6.07) is 29.2. The molecule has 0 bridgehead atoms. The number of carbonyl (C=O) groups excluding carboxylic acids is 2. The van der Waals surface area contributed by atoms with Gasteiger partial charge in [-0.2, -0.15) is 0 Å². The Morgan fingerprint density at radius 1 is 0.800 bits per heavy atom. The molecular formula is C36H40FN3O4S. The van der Waals surface area contributed by atoms with Crippen molar-refractivity contribution in [2.45, 2.75) is 51.1 Å². The lowest BCUT2D eigenvalue weighted by atomic mass is 10.0. The van der Waals surface area contributed by atoms with Crippen molar-refractivity contribution in [3.63, 3.8) is 0 Å². The Morgan fingerprint density at radius 3 is 2.00 bits per heavy atom. The summed E-state index contributed by atoms with van der Waals surface area (Å²) in [4.78, 5) is 29.5. The maximum Gasteiger partial charge on any atom is 0.264 e. The maximum absolute atomic E-state index is 15.0. The molecule has 0 radical (unpaired) electrons. The van der Waals surface area contributed by atoms with E-state index in [1.165, 1.54) is 23.1 Å². The van der Waals surface area contributed by atoms with E-state index in [-0.39, 0.29) is 29.3 Å². The summed E-state index contributed by atoms with van der Waals surface area (Å²) < 4.78 is 44.2. The molecule has 2 amide bonds. The van der Waals surface area contributed by atoms with Gasteiger partial charge in [0.05, 0.1) is 10.6 Å². The van der Waals surface area contributed by atoms with Gasteiger partial charge in [0.2, 0.25) is 11.8 Å². The average Bonchev–Trinajstić information content (AvgIpc) is 3.05. The van der Waals surface area contributed by atoms with E-state index < -0.39 is 40.2 Å². The lowest BCUT2D eigenvalue weighted by Crippen LogP contribution is -2.53. The Morgan fingerprint density at radius 2 is 1.40 bits per heavy atom. The number of halogens is 1. The van der Waals surface area contributed by atoms with Crippen molar-refractivity contribution in [3.05, 3.63) is 132 Å². The first-order valence-corrected chi connectivity index (χ1v) is 16.6. The topological polar surface area (TPSA) is 86.8 Å². The zero-order valence-corrected chi connectivity index (χ0v) is 26.7. The first kappa shape index (κ1) is 33.4. The molecule has 0 saturated carbocycles. The first-order chi connectivity index (χ1) is 21.6. The second kappa shape index (κ2) is 15.5. The van der Waals surface area contributed by atoms with Gasteiger partial charge >= 0.3 is 0 Å². The summed E-state index contributed by atoms with van der Waals surface area (Å²) in [5.74, 6) is -1.42. The molecule has 45 heavy (non-hydrogen) atoms. The van der Waals surface area contributed by atoms with Crippen LogP contribution in [0.15, 0.2) is 114 Å². The van der Waals surface area contributed by atoms with Gasteiger partial charge in [0, 0.05) is 25.1 Å². The predicted octanol–water partition coefficient (Wildman–Crippen LogP) is 6.00. The summed E-state index contributed by atoms with van der Waals surface area (Å²) in [5, 5.41) is 2.93. The number of hydrogen-bond donors (Lipinski definition) is 1. The number of amides is 2. The van der Waals surface area contributed by atoms with E-state index in [4.69, 9.17) is 0 Å². The van der Waals surface area contributed by atoms with Crippen LogP contribution in [0.25, 0.3) is 0 Å². The van der Waals surface area contributed by atoms with Crippen LogP contribution >= 0.6 is 0 Å². The Hall–Kier alpha value is -4.50. The van der Waals surface area contributed by atoms with Crippen LogP contribution in [-0.2, 0) is 39.0 Å². The summed E-state index contributed by atoms with van der Waals surface area (Å²) in [7, 11) is -4.20. The summed E-state index contributed by atoms with van der Waals surface area (Å²) in [6.07, 6.45) is 0.912. The highest BCUT2D eigenvalue weighted by Gasteiger charge is 2.35. The third kappa shape index (κ3) is 8.79. The molecule has 0 saturated heterocycles. The van der Waals surface area contributed by atoms with Crippen molar-refractivity contribution < 1.29 is 22.4 Å². The molecule has 0 aromatic heterocycles. The van der Waals surface area contributed by atoms with Crippen molar-refractivity contribution in [2.75, 3.05) is 17.4 Å². The molecule has 0 spiro atoms. The van der Waals surface area contributed by atoms with E-state index in [0.717, 1.165) is 21.9 Å². The fraction of sp³-hybridized carbons (Fsp3) is 0.278. The molecule has 4 aromatic carbocycles.